The topological polar surface area (TPSA) is 41.0 Å². The molecule has 2 rings (SSSR count). The van der Waals surface area contributed by atoms with Crippen LogP contribution in [-0.2, 0) is 0 Å². The number of piperidine rings is 1. The van der Waals surface area contributed by atoms with Crippen LogP contribution in [0.4, 0.5) is 5.82 Å². The second-order valence-corrected chi connectivity index (χ2v) is 4.87. The van der Waals surface area contributed by atoms with E-state index in [0.717, 1.165) is 18.3 Å². The van der Waals surface area contributed by atoms with E-state index in [-0.39, 0.29) is 0 Å². The predicted molar refractivity (Wildman–Crippen MR) is 70.4 cm³/mol. The molecule has 0 saturated carbocycles. The second kappa shape index (κ2) is 6.17. The molecule has 1 aliphatic rings. The first-order valence-corrected chi connectivity index (χ1v) is 6.59. The number of nitrogens with zero attached hydrogens (tertiary/aromatic N) is 3. The zero-order chi connectivity index (χ0) is 12.1. The first-order chi connectivity index (χ1) is 8.28. The Morgan fingerprint density at radius 3 is 2.82 bits per heavy atom. The molecule has 5 heteroatoms. The third-order valence-corrected chi connectivity index (χ3v) is 3.51. The Morgan fingerprint density at radius 2 is 2.18 bits per heavy atom. The van der Waals surface area contributed by atoms with Crippen molar-refractivity contribution in [1.82, 2.24) is 14.9 Å². The van der Waals surface area contributed by atoms with Gasteiger partial charge >= 0.3 is 0 Å². The van der Waals surface area contributed by atoms with Crippen LogP contribution in [0.5, 0.6) is 0 Å². The highest BCUT2D eigenvalue weighted by Crippen LogP contribution is 2.17. The van der Waals surface area contributed by atoms with Gasteiger partial charge in [0.2, 0.25) is 0 Å². The largest absolute Gasteiger partial charge is 0.368 e. The summed E-state index contributed by atoms with van der Waals surface area (Å²) in [6.07, 6.45) is 5.78. The van der Waals surface area contributed by atoms with Crippen molar-refractivity contribution in [2.75, 3.05) is 31.5 Å². The molecule has 1 aromatic heterocycles. The minimum Gasteiger partial charge on any atom is -0.368 e. The molecule has 4 nitrogen and oxygen atoms in total. The molecule has 0 amide bonds. The number of nitrogens with one attached hydrogen (secondary N) is 1. The summed E-state index contributed by atoms with van der Waals surface area (Å²) in [6.45, 7) is 6.78. The van der Waals surface area contributed by atoms with Gasteiger partial charge in [0.05, 0.1) is 12.4 Å². The van der Waals surface area contributed by atoms with E-state index in [4.69, 9.17) is 11.6 Å². The highest BCUT2D eigenvalue weighted by Gasteiger charge is 2.17. The van der Waals surface area contributed by atoms with Gasteiger partial charge in [-0.3, -0.25) is 4.98 Å². The second-order valence-electron chi connectivity index (χ2n) is 4.49. The number of aromatic nitrogens is 2. The highest BCUT2D eigenvalue weighted by molar-refractivity contribution is 6.29. The van der Waals surface area contributed by atoms with Gasteiger partial charge in [0.15, 0.2) is 0 Å². The van der Waals surface area contributed by atoms with Gasteiger partial charge in [-0.2, -0.15) is 0 Å². The normalized spacial score (nSPS) is 18.2. The molecule has 0 bridgehead atoms. The van der Waals surface area contributed by atoms with E-state index in [1.54, 1.807) is 12.4 Å². The maximum Gasteiger partial charge on any atom is 0.149 e. The Labute approximate surface area is 107 Å². The van der Waals surface area contributed by atoms with Crippen LogP contribution in [0.25, 0.3) is 0 Å². The van der Waals surface area contributed by atoms with Crippen molar-refractivity contribution in [2.24, 2.45) is 5.92 Å². The van der Waals surface area contributed by atoms with Gasteiger partial charge in [-0.1, -0.05) is 18.5 Å². The molecule has 1 aliphatic heterocycles. The molecule has 0 spiro atoms. The van der Waals surface area contributed by atoms with Crippen LogP contribution in [0.3, 0.4) is 0 Å². The standard InChI is InChI=1S/C12H19ClN4/c1-2-17-5-3-10(4-6-17)7-15-12-9-14-8-11(13)16-12/h8-10H,2-7H2,1H3,(H,15,16). The quantitative estimate of drug-likeness (QED) is 0.895. The molecule has 1 N–H and O–H groups in total. The molecular formula is C12H19ClN4. The number of hydrogen-bond acceptors (Lipinski definition) is 4. The van der Waals surface area contributed by atoms with E-state index in [9.17, 15) is 0 Å². The van der Waals surface area contributed by atoms with Gasteiger partial charge in [0.1, 0.15) is 11.0 Å². The monoisotopic (exact) mass is 254 g/mol. The third-order valence-electron chi connectivity index (χ3n) is 3.33. The van der Waals surface area contributed by atoms with E-state index in [1.165, 1.54) is 32.5 Å². The summed E-state index contributed by atoms with van der Waals surface area (Å²) in [5.41, 5.74) is 0. The first kappa shape index (κ1) is 12.6. The van der Waals surface area contributed by atoms with Gasteiger partial charge in [-0.05, 0) is 38.4 Å². The molecule has 1 saturated heterocycles. The fourth-order valence-corrected chi connectivity index (χ4v) is 2.33. The van der Waals surface area contributed by atoms with Gasteiger partial charge in [0.25, 0.3) is 0 Å². The van der Waals surface area contributed by atoms with Crippen LogP contribution in [-0.4, -0.2) is 41.0 Å². The lowest BCUT2D eigenvalue weighted by Crippen LogP contribution is -2.35. The summed E-state index contributed by atoms with van der Waals surface area (Å²) in [7, 11) is 0. The van der Waals surface area contributed by atoms with E-state index < -0.39 is 0 Å². The van der Waals surface area contributed by atoms with Crippen LogP contribution >= 0.6 is 11.6 Å². The minimum absolute atomic E-state index is 0.441. The molecule has 1 aromatic rings. The lowest BCUT2D eigenvalue weighted by Gasteiger charge is -2.31. The Hall–Kier alpha value is -0.870. The number of halogens is 1. The maximum atomic E-state index is 5.78. The Kier molecular flexibility index (Phi) is 4.57. The summed E-state index contributed by atoms with van der Waals surface area (Å²) in [6, 6.07) is 0. The van der Waals surface area contributed by atoms with Gasteiger partial charge in [-0.25, -0.2) is 4.98 Å². The van der Waals surface area contributed by atoms with Crippen LogP contribution < -0.4 is 5.32 Å². The summed E-state index contributed by atoms with van der Waals surface area (Å²) in [4.78, 5) is 10.7. The molecule has 17 heavy (non-hydrogen) atoms. The third kappa shape index (κ3) is 3.82. The molecule has 2 heterocycles. The van der Waals surface area contributed by atoms with E-state index in [2.05, 4.69) is 27.1 Å². The SMILES string of the molecule is CCN1CCC(CNc2cncc(Cl)n2)CC1. The van der Waals surface area contributed by atoms with Crippen molar-refractivity contribution in [3.8, 4) is 0 Å². The fraction of sp³-hybridized carbons (Fsp3) is 0.667. The smallest absolute Gasteiger partial charge is 0.149 e. The zero-order valence-corrected chi connectivity index (χ0v) is 11.0. The molecular weight excluding hydrogens is 236 g/mol. The van der Waals surface area contributed by atoms with Gasteiger partial charge in [-0.15, -0.1) is 0 Å². The summed E-state index contributed by atoms with van der Waals surface area (Å²) >= 11 is 5.78. The van der Waals surface area contributed by atoms with Crippen molar-refractivity contribution in [3.63, 3.8) is 0 Å². The van der Waals surface area contributed by atoms with Crippen molar-refractivity contribution >= 4 is 17.4 Å². The Bertz CT molecular complexity index is 350. The predicted octanol–water partition coefficient (Wildman–Crippen LogP) is 2.27. The number of rotatable bonds is 4. The van der Waals surface area contributed by atoms with E-state index in [0.29, 0.717) is 5.15 Å². The number of likely N-dealkylation sites (tertiary alicyclic amines) is 1. The molecule has 0 aromatic carbocycles. The molecule has 1 fully saturated rings. The van der Waals surface area contributed by atoms with Crippen molar-refractivity contribution in [3.05, 3.63) is 17.5 Å². The van der Waals surface area contributed by atoms with E-state index >= 15 is 0 Å². The number of anilines is 1. The Morgan fingerprint density at radius 1 is 1.41 bits per heavy atom. The van der Waals surface area contributed by atoms with Crippen LogP contribution in [0.1, 0.15) is 19.8 Å². The van der Waals surface area contributed by atoms with Crippen molar-refractivity contribution in [2.45, 2.75) is 19.8 Å². The molecule has 94 valence electrons. The van der Waals surface area contributed by atoms with E-state index in [1.807, 2.05) is 0 Å². The van der Waals surface area contributed by atoms with Crippen LogP contribution in [0.15, 0.2) is 12.4 Å². The van der Waals surface area contributed by atoms with Gasteiger partial charge in [0, 0.05) is 6.54 Å². The van der Waals surface area contributed by atoms with Crippen LogP contribution in [0.2, 0.25) is 5.15 Å². The molecule has 0 radical (unpaired) electrons. The van der Waals surface area contributed by atoms with Gasteiger partial charge < -0.3 is 10.2 Å². The van der Waals surface area contributed by atoms with Crippen LogP contribution in [0, 0.1) is 5.92 Å². The summed E-state index contributed by atoms with van der Waals surface area (Å²) in [5.74, 6) is 1.51. The maximum absolute atomic E-state index is 5.78. The first-order valence-electron chi connectivity index (χ1n) is 6.21. The summed E-state index contributed by atoms with van der Waals surface area (Å²) < 4.78 is 0. The fourth-order valence-electron chi connectivity index (χ4n) is 2.18. The Balaban J connectivity index is 1.76. The summed E-state index contributed by atoms with van der Waals surface area (Å²) in [5, 5.41) is 3.75. The molecule has 0 unspecified atom stereocenters. The van der Waals surface area contributed by atoms with Crippen molar-refractivity contribution in [1.29, 1.82) is 0 Å². The minimum atomic E-state index is 0.441. The average Bonchev–Trinajstić information content (AvgIpc) is 2.37. The lowest BCUT2D eigenvalue weighted by molar-refractivity contribution is 0.198. The number of hydrogen-bond donors (Lipinski definition) is 1. The highest BCUT2D eigenvalue weighted by atomic mass is 35.5. The molecule has 0 aliphatic carbocycles. The lowest BCUT2D eigenvalue weighted by atomic mass is 9.97. The van der Waals surface area contributed by atoms with Crippen molar-refractivity contribution < 1.29 is 0 Å². The zero-order valence-electron chi connectivity index (χ0n) is 10.2. The average molecular weight is 255 g/mol. The molecule has 0 atom stereocenters.